The van der Waals surface area contributed by atoms with Gasteiger partial charge in [-0.25, -0.2) is 14.4 Å². The molecule has 4 nitrogen and oxygen atoms in total. The zero-order valence-corrected chi connectivity index (χ0v) is 10.0. The monoisotopic (exact) mass is 267 g/mol. The summed E-state index contributed by atoms with van der Waals surface area (Å²) >= 11 is 5.72. The van der Waals surface area contributed by atoms with Crippen molar-refractivity contribution in [3.05, 3.63) is 58.9 Å². The highest BCUT2D eigenvalue weighted by Crippen LogP contribution is 2.26. The van der Waals surface area contributed by atoms with Crippen molar-refractivity contribution in [3.63, 3.8) is 0 Å². The Morgan fingerprint density at radius 2 is 2.06 bits per heavy atom. The summed E-state index contributed by atoms with van der Waals surface area (Å²) in [5, 5.41) is 10.3. The maximum absolute atomic E-state index is 13.1. The van der Waals surface area contributed by atoms with E-state index in [0.29, 0.717) is 11.3 Å². The SMILES string of the molecule is NC(c1cc(Cl)ncn1)C(O)c1cccc(F)c1. The van der Waals surface area contributed by atoms with Crippen molar-refractivity contribution < 1.29 is 9.50 Å². The summed E-state index contributed by atoms with van der Waals surface area (Å²) in [7, 11) is 0. The predicted molar refractivity (Wildman–Crippen MR) is 65.3 cm³/mol. The van der Waals surface area contributed by atoms with Crippen molar-refractivity contribution in [2.24, 2.45) is 5.73 Å². The lowest BCUT2D eigenvalue weighted by Crippen LogP contribution is -2.21. The van der Waals surface area contributed by atoms with Crippen molar-refractivity contribution in [2.45, 2.75) is 12.1 Å². The number of benzene rings is 1. The standard InChI is InChI=1S/C12H11ClFN3O/c13-10-5-9(16-6-17-10)11(15)12(18)7-2-1-3-8(14)4-7/h1-6,11-12,18H,15H2. The number of rotatable bonds is 3. The van der Waals surface area contributed by atoms with Crippen LogP contribution in [0.4, 0.5) is 4.39 Å². The number of aliphatic hydroxyl groups excluding tert-OH is 1. The topological polar surface area (TPSA) is 72.0 Å². The molecule has 0 bridgehead atoms. The lowest BCUT2D eigenvalue weighted by atomic mass is 10.0. The summed E-state index contributed by atoms with van der Waals surface area (Å²) in [6.45, 7) is 0. The third-order valence-corrected chi connectivity index (χ3v) is 2.73. The minimum absolute atomic E-state index is 0.238. The summed E-state index contributed by atoms with van der Waals surface area (Å²) in [6.07, 6.45) is 0.196. The first-order valence-electron chi connectivity index (χ1n) is 5.24. The maximum Gasteiger partial charge on any atom is 0.132 e. The van der Waals surface area contributed by atoms with Crippen LogP contribution in [-0.2, 0) is 0 Å². The van der Waals surface area contributed by atoms with Crippen LogP contribution in [0.1, 0.15) is 23.4 Å². The lowest BCUT2D eigenvalue weighted by Gasteiger charge is -2.18. The Morgan fingerprint density at radius 1 is 1.28 bits per heavy atom. The molecule has 1 aromatic heterocycles. The van der Waals surface area contributed by atoms with Crippen molar-refractivity contribution >= 4 is 11.6 Å². The zero-order chi connectivity index (χ0) is 13.1. The summed E-state index contributed by atoms with van der Waals surface area (Å²) in [6, 6.07) is 6.29. The van der Waals surface area contributed by atoms with Crippen molar-refractivity contribution in [2.75, 3.05) is 0 Å². The molecule has 3 N–H and O–H groups in total. The summed E-state index contributed by atoms with van der Waals surface area (Å²) in [4.78, 5) is 7.66. The van der Waals surface area contributed by atoms with Crippen LogP contribution in [0.2, 0.25) is 5.15 Å². The number of aliphatic hydroxyl groups is 1. The fraction of sp³-hybridized carbons (Fsp3) is 0.167. The van der Waals surface area contributed by atoms with Gasteiger partial charge in [0.15, 0.2) is 0 Å². The van der Waals surface area contributed by atoms with E-state index in [0.717, 1.165) is 0 Å². The van der Waals surface area contributed by atoms with E-state index in [-0.39, 0.29) is 5.15 Å². The molecular weight excluding hydrogens is 257 g/mol. The van der Waals surface area contributed by atoms with Gasteiger partial charge in [-0.2, -0.15) is 0 Å². The molecule has 0 fully saturated rings. The molecule has 0 aliphatic rings. The third kappa shape index (κ3) is 2.81. The van der Waals surface area contributed by atoms with Crippen LogP contribution in [0.5, 0.6) is 0 Å². The molecule has 94 valence electrons. The van der Waals surface area contributed by atoms with E-state index in [2.05, 4.69) is 9.97 Å². The third-order valence-electron chi connectivity index (χ3n) is 2.53. The highest BCUT2D eigenvalue weighted by Gasteiger charge is 2.20. The molecule has 1 heterocycles. The number of hydrogen-bond acceptors (Lipinski definition) is 4. The molecule has 2 unspecified atom stereocenters. The van der Waals surface area contributed by atoms with Gasteiger partial charge in [0.25, 0.3) is 0 Å². The molecule has 0 aliphatic carbocycles. The number of nitrogens with two attached hydrogens (primary N) is 1. The van der Waals surface area contributed by atoms with E-state index in [1.54, 1.807) is 6.07 Å². The van der Waals surface area contributed by atoms with Crippen LogP contribution < -0.4 is 5.73 Å². The maximum atomic E-state index is 13.1. The van der Waals surface area contributed by atoms with Crippen LogP contribution in [0.3, 0.4) is 0 Å². The summed E-state index contributed by atoms with van der Waals surface area (Å²) in [5.74, 6) is -0.431. The molecule has 1 aromatic carbocycles. The largest absolute Gasteiger partial charge is 0.386 e. The fourth-order valence-electron chi connectivity index (χ4n) is 1.59. The minimum Gasteiger partial charge on any atom is -0.386 e. The Labute approximate surface area is 108 Å². The average molecular weight is 268 g/mol. The second-order valence-corrected chi connectivity index (χ2v) is 4.18. The van der Waals surface area contributed by atoms with Gasteiger partial charge in [0.05, 0.1) is 17.8 Å². The van der Waals surface area contributed by atoms with E-state index < -0.39 is 18.0 Å². The van der Waals surface area contributed by atoms with Crippen LogP contribution in [0.25, 0.3) is 0 Å². The molecular formula is C12H11ClFN3O. The number of hydrogen-bond donors (Lipinski definition) is 2. The minimum atomic E-state index is -1.06. The van der Waals surface area contributed by atoms with Crippen LogP contribution in [-0.4, -0.2) is 15.1 Å². The van der Waals surface area contributed by atoms with Gasteiger partial charge in [-0.3, -0.25) is 0 Å². The van der Waals surface area contributed by atoms with Gasteiger partial charge < -0.3 is 10.8 Å². The van der Waals surface area contributed by atoms with E-state index in [4.69, 9.17) is 17.3 Å². The molecule has 0 aliphatic heterocycles. The van der Waals surface area contributed by atoms with Gasteiger partial charge in [0, 0.05) is 0 Å². The van der Waals surface area contributed by atoms with E-state index in [9.17, 15) is 9.50 Å². The van der Waals surface area contributed by atoms with Gasteiger partial charge in [0.2, 0.25) is 0 Å². The Balaban J connectivity index is 2.26. The van der Waals surface area contributed by atoms with Crippen molar-refractivity contribution in [3.8, 4) is 0 Å². The Hall–Kier alpha value is -1.56. The second-order valence-electron chi connectivity index (χ2n) is 3.79. The van der Waals surface area contributed by atoms with Crippen LogP contribution >= 0.6 is 11.6 Å². The zero-order valence-electron chi connectivity index (χ0n) is 9.29. The van der Waals surface area contributed by atoms with Gasteiger partial charge in [-0.1, -0.05) is 23.7 Å². The highest BCUT2D eigenvalue weighted by molar-refractivity contribution is 6.29. The summed E-state index contributed by atoms with van der Waals surface area (Å²) < 4.78 is 13.1. The molecule has 0 amide bonds. The van der Waals surface area contributed by atoms with E-state index in [1.165, 1.54) is 30.6 Å². The Morgan fingerprint density at radius 3 is 2.72 bits per heavy atom. The highest BCUT2D eigenvalue weighted by atomic mass is 35.5. The van der Waals surface area contributed by atoms with Crippen molar-refractivity contribution in [1.29, 1.82) is 0 Å². The van der Waals surface area contributed by atoms with E-state index >= 15 is 0 Å². The summed E-state index contributed by atoms with van der Waals surface area (Å²) in [5.41, 5.74) is 6.65. The van der Waals surface area contributed by atoms with Gasteiger partial charge in [-0.15, -0.1) is 0 Å². The lowest BCUT2D eigenvalue weighted by molar-refractivity contribution is 0.145. The second kappa shape index (κ2) is 5.39. The molecule has 0 radical (unpaired) electrons. The van der Waals surface area contributed by atoms with Crippen LogP contribution in [0.15, 0.2) is 36.7 Å². The average Bonchev–Trinajstić information content (AvgIpc) is 2.37. The van der Waals surface area contributed by atoms with Gasteiger partial charge >= 0.3 is 0 Å². The normalized spacial score (nSPS) is 14.2. The number of halogens is 2. The number of nitrogens with zero attached hydrogens (tertiary/aromatic N) is 2. The number of aromatic nitrogens is 2. The van der Waals surface area contributed by atoms with Crippen molar-refractivity contribution in [1.82, 2.24) is 9.97 Å². The Bertz CT molecular complexity index is 503. The molecule has 2 aromatic rings. The molecule has 2 rings (SSSR count). The predicted octanol–water partition coefficient (Wildman–Crippen LogP) is 2.00. The first-order valence-corrected chi connectivity index (χ1v) is 5.62. The molecule has 2 atom stereocenters. The molecule has 6 heteroatoms. The smallest absolute Gasteiger partial charge is 0.132 e. The quantitative estimate of drug-likeness (QED) is 0.835. The Kier molecular flexibility index (Phi) is 3.86. The molecule has 0 spiro atoms. The van der Waals surface area contributed by atoms with Gasteiger partial charge in [-0.05, 0) is 23.8 Å². The molecule has 18 heavy (non-hydrogen) atoms. The van der Waals surface area contributed by atoms with Gasteiger partial charge in [0.1, 0.15) is 17.3 Å². The molecule has 0 saturated heterocycles. The fourth-order valence-corrected chi connectivity index (χ4v) is 1.74. The first-order chi connectivity index (χ1) is 8.58. The molecule has 0 saturated carbocycles. The van der Waals surface area contributed by atoms with Crippen LogP contribution in [0, 0.1) is 5.82 Å². The first kappa shape index (κ1) is 12.9. The van der Waals surface area contributed by atoms with E-state index in [1.807, 2.05) is 0 Å².